The molecule has 4 rings (SSSR count). The van der Waals surface area contributed by atoms with Crippen LogP contribution in [0.1, 0.15) is 41.2 Å². The number of hydrogen-bond donors (Lipinski definition) is 1. The maximum atomic E-state index is 14.4. The van der Waals surface area contributed by atoms with E-state index in [-0.39, 0.29) is 23.8 Å². The monoisotopic (exact) mass is 611 g/mol. The topological polar surface area (TPSA) is 86.8 Å². The van der Waals surface area contributed by atoms with E-state index in [9.17, 15) is 18.0 Å². The van der Waals surface area contributed by atoms with Crippen molar-refractivity contribution in [2.75, 3.05) is 17.4 Å². The first-order valence-corrected chi connectivity index (χ1v) is 16.3. The Morgan fingerprint density at radius 1 is 0.727 bits per heavy atom. The number of sulfonamides is 1. The van der Waals surface area contributed by atoms with Gasteiger partial charge in [0.25, 0.3) is 10.0 Å². The summed E-state index contributed by atoms with van der Waals surface area (Å²) < 4.78 is 29.3. The van der Waals surface area contributed by atoms with Gasteiger partial charge in [-0.15, -0.1) is 0 Å². The molecule has 0 saturated carbocycles. The van der Waals surface area contributed by atoms with Crippen LogP contribution in [0.25, 0.3) is 0 Å². The van der Waals surface area contributed by atoms with Gasteiger partial charge >= 0.3 is 0 Å². The van der Waals surface area contributed by atoms with Gasteiger partial charge in [-0.3, -0.25) is 13.9 Å². The lowest BCUT2D eigenvalue weighted by atomic mass is 10.0. The van der Waals surface area contributed by atoms with E-state index in [1.54, 1.807) is 36.4 Å². The fourth-order valence-corrected chi connectivity index (χ4v) is 6.30. The first-order chi connectivity index (χ1) is 21.1. The Hall–Kier alpha value is -4.43. The molecular formula is C36H41N3O4S. The summed E-state index contributed by atoms with van der Waals surface area (Å²) in [4.78, 5) is 29.8. The Labute approximate surface area is 261 Å². The number of carbonyl (C=O) groups excluding carboxylic acids is 2. The largest absolute Gasteiger partial charge is 0.354 e. The zero-order valence-corrected chi connectivity index (χ0v) is 26.7. The van der Waals surface area contributed by atoms with Crippen molar-refractivity contribution in [3.63, 3.8) is 0 Å². The number of benzene rings is 4. The molecule has 1 N–H and O–H groups in total. The molecule has 0 aliphatic rings. The molecule has 4 aromatic carbocycles. The number of anilines is 1. The van der Waals surface area contributed by atoms with Crippen molar-refractivity contribution in [1.82, 2.24) is 10.2 Å². The number of rotatable bonds is 13. The van der Waals surface area contributed by atoms with Crippen LogP contribution >= 0.6 is 0 Å². The highest BCUT2D eigenvalue weighted by Gasteiger charge is 2.34. The molecule has 0 heterocycles. The van der Waals surface area contributed by atoms with Gasteiger partial charge in [-0.1, -0.05) is 102 Å². The molecule has 0 bridgehead atoms. The summed E-state index contributed by atoms with van der Waals surface area (Å²) in [5.41, 5.74) is 5.07. The van der Waals surface area contributed by atoms with E-state index in [1.807, 2.05) is 94.4 Å². The van der Waals surface area contributed by atoms with Crippen LogP contribution < -0.4 is 9.62 Å². The molecule has 0 fully saturated rings. The predicted octanol–water partition coefficient (Wildman–Crippen LogP) is 5.97. The summed E-state index contributed by atoms with van der Waals surface area (Å²) >= 11 is 0. The van der Waals surface area contributed by atoms with Gasteiger partial charge in [-0.25, -0.2) is 8.42 Å². The first-order valence-electron chi connectivity index (χ1n) is 14.9. The number of nitrogens with zero attached hydrogens (tertiary/aromatic N) is 2. The van der Waals surface area contributed by atoms with E-state index in [0.717, 1.165) is 38.5 Å². The number of hydrogen-bond acceptors (Lipinski definition) is 4. The minimum absolute atomic E-state index is 0.0862. The van der Waals surface area contributed by atoms with Gasteiger partial charge in [0.05, 0.1) is 10.6 Å². The van der Waals surface area contributed by atoms with Gasteiger partial charge in [0, 0.05) is 19.5 Å². The highest BCUT2D eigenvalue weighted by atomic mass is 32.2. The third-order valence-electron chi connectivity index (χ3n) is 7.50. The summed E-state index contributed by atoms with van der Waals surface area (Å²) in [5, 5.41) is 2.97. The average Bonchev–Trinajstić information content (AvgIpc) is 3.02. The number of carbonyl (C=O) groups is 2. The van der Waals surface area contributed by atoms with Crippen LogP contribution in [0.3, 0.4) is 0 Å². The number of aryl methyl sites for hydroxylation is 3. The van der Waals surface area contributed by atoms with Gasteiger partial charge in [0.1, 0.15) is 12.6 Å². The van der Waals surface area contributed by atoms with Crippen molar-refractivity contribution < 1.29 is 18.0 Å². The second-order valence-electron chi connectivity index (χ2n) is 11.2. The molecule has 2 amide bonds. The normalized spacial score (nSPS) is 11.9. The molecule has 0 radical (unpaired) electrons. The zero-order valence-electron chi connectivity index (χ0n) is 25.9. The SMILES string of the molecule is CCCNC(=O)[C@@H](Cc1ccccc1)N(Cc1ccc(C)cc1)C(=O)CN(c1ccc(C)cc1)S(=O)(=O)c1ccc(C)cc1. The van der Waals surface area contributed by atoms with E-state index in [1.165, 1.54) is 4.90 Å². The fourth-order valence-electron chi connectivity index (χ4n) is 4.89. The van der Waals surface area contributed by atoms with Crippen LogP contribution in [-0.4, -0.2) is 44.3 Å². The Bertz CT molecular complexity index is 1640. The minimum atomic E-state index is -4.12. The van der Waals surface area contributed by atoms with Crippen molar-refractivity contribution in [1.29, 1.82) is 0 Å². The van der Waals surface area contributed by atoms with Gasteiger partial charge in [0.2, 0.25) is 11.8 Å². The Kier molecular flexibility index (Phi) is 11.0. The van der Waals surface area contributed by atoms with Crippen molar-refractivity contribution in [3.05, 3.63) is 131 Å². The first kappa shape index (κ1) is 32.5. The van der Waals surface area contributed by atoms with Crippen LogP contribution in [0, 0.1) is 20.8 Å². The quantitative estimate of drug-likeness (QED) is 0.202. The van der Waals surface area contributed by atoms with E-state index < -0.39 is 28.5 Å². The van der Waals surface area contributed by atoms with Crippen molar-refractivity contribution in [2.24, 2.45) is 0 Å². The highest BCUT2D eigenvalue weighted by Crippen LogP contribution is 2.26. The number of amides is 2. The maximum absolute atomic E-state index is 14.4. The Morgan fingerprint density at radius 3 is 1.84 bits per heavy atom. The molecule has 0 spiro atoms. The molecule has 0 aliphatic heterocycles. The lowest BCUT2D eigenvalue weighted by Crippen LogP contribution is -2.53. The van der Waals surface area contributed by atoms with E-state index in [4.69, 9.17) is 0 Å². The summed E-state index contributed by atoms with van der Waals surface area (Å²) in [6, 6.07) is 30.1. The smallest absolute Gasteiger partial charge is 0.264 e. The summed E-state index contributed by atoms with van der Waals surface area (Å²) in [7, 11) is -4.12. The summed E-state index contributed by atoms with van der Waals surface area (Å²) in [6.07, 6.45) is 1.02. The van der Waals surface area contributed by atoms with Gasteiger partial charge in [-0.2, -0.15) is 0 Å². The van der Waals surface area contributed by atoms with Crippen LogP contribution in [0.2, 0.25) is 0 Å². The second-order valence-corrected chi connectivity index (χ2v) is 13.0. The van der Waals surface area contributed by atoms with Gasteiger partial charge < -0.3 is 10.2 Å². The van der Waals surface area contributed by atoms with Gasteiger partial charge in [0.15, 0.2) is 0 Å². The maximum Gasteiger partial charge on any atom is 0.264 e. The molecule has 230 valence electrons. The number of nitrogens with one attached hydrogen (secondary N) is 1. The van der Waals surface area contributed by atoms with Crippen molar-refractivity contribution in [2.45, 2.75) is 58.0 Å². The molecule has 0 aromatic heterocycles. The van der Waals surface area contributed by atoms with E-state index in [2.05, 4.69) is 5.32 Å². The second kappa shape index (κ2) is 14.8. The molecule has 0 aliphatic carbocycles. The summed E-state index contributed by atoms with van der Waals surface area (Å²) in [6.45, 7) is 7.89. The fraction of sp³-hybridized carbons (Fsp3) is 0.278. The van der Waals surface area contributed by atoms with Gasteiger partial charge in [-0.05, 0) is 62.6 Å². The van der Waals surface area contributed by atoms with Crippen molar-refractivity contribution in [3.8, 4) is 0 Å². The lowest BCUT2D eigenvalue weighted by molar-refractivity contribution is -0.140. The highest BCUT2D eigenvalue weighted by molar-refractivity contribution is 7.92. The van der Waals surface area contributed by atoms with E-state index >= 15 is 0 Å². The molecule has 1 atom stereocenters. The molecule has 44 heavy (non-hydrogen) atoms. The molecule has 4 aromatic rings. The molecular weight excluding hydrogens is 570 g/mol. The molecule has 8 heteroatoms. The Morgan fingerprint density at radius 2 is 1.27 bits per heavy atom. The molecule has 0 saturated heterocycles. The lowest BCUT2D eigenvalue weighted by Gasteiger charge is -2.34. The van der Waals surface area contributed by atoms with Crippen LogP contribution in [0.5, 0.6) is 0 Å². The standard InChI is InChI=1S/C36H41N3O4S/c1-5-23-37-36(41)34(24-30-9-7-6-8-10-30)38(25-31-17-11-27(2)12-18-31)35(40)26-39(32-19-13-28(3)14-20-32)44(42,43)33-21-15-29(4)16-22-33/h6-22,34H,5,23-26H2,1-4H3,(H,37,41)/t34-/m1/s1. The molecule has 0 unspecified atom stereocenters. The zero-order chi connectivity index (χ0) is 31.7. The van der Waals surface area contributed by atoms with Crippen LogP contribution in [0.4, 0.5) is 5.69 Å². The van der Waals surface area contributed by atoms with E-state index in [0.29, 0.717) is 12.2 Å². The third kappa shape index (κ3) is 8.35. The summed E-state index contributed by atoms with van der Waals surface area (Å²) in [5.74, 6) is -0.756. The molecule has 7 nitrogen and oxygen atoms in total. The predicted molar refractivity (Wildman–Crippen MR) is 176 cm³/mol. The van der Waals surface area contributed by atoms with Crippen LogP contribution in [-0.2, 0) is 32.6 Å². The van der Waals surface area contributed by atoms with Crippen molar-refractivity contribution >= 4 is 27.5 Å². The van der Waals surface area contributed by atoms with Crippen LogP contribution in [0.15, 0.2) is 108 Å². The average molecular weight is 612 g/mol. The third-order valence-corrected chi connectivity index (χ3v) is 9.29. The minimum Gasteiger partial charge on any atom is -0.354 e. The Balaban J connectivity index is 1.78.